The minimum Gasteiger partial charge on any atom is -0.312 e. The van der Waals surface area contributed by atoms with E-state index in [1.165, 1.54) is 50.0 Å². The van der Waals surface area contributed by atoms with Crippen molar-refractivity contribution in [2.45, 2.75) is 64.5 Å². The lowest BCUT2D eigenvalue weighted by molar-refractivity contribution is 0.374. The first-order valence-corrected chi connectivity index (χ1v) is 11.9. The van der Waals surface area contributed by atoms with E-state index in [4.69, 9.17) is 0 Å². The molecule has 0 spiro atoms. The minimum atomic E-state index is 0.645. The highest BCUT2D eigenvalue weighted by Gasteiger charge is 2.23. The van der Waals surface area contributed by atoms with Crippen LogP contribution >= 0.6 is 29.7 Å². The average Bonchev–Trinajstić information content (AvgIpc) is 2.37. The smallest absolute Gasteiger partial charge is 0.00695 e. The van der Waals surface area contributed by atoms with Crippen molar-refractivity contribution >= 4 is 29.7 Å². The molecule has 0 amide bonds. The molecule has 2 aliphatic rings. The van der Waals surface area contributed by atoms with Gasteiger partial charge in [0.2, 0.25) is 0 Å². The molecule has 2 fully saturated rings. The lowest BCUT2D eigenvalue weighted by Gasteiger charge is -2.25. The van der Waals surface area contributed by atoms with E-state index in [-0.39, 0.29) is 0 Å². The van der Waals surface area contributed by atoms with Gasteiger partial charge in [-0.2, -0.15) is 0 Å². The predicted molar refractivity (Wildman–Crippen MR) is 90.0 cm³/mol. The third-order valence-electron chi connectivity index (χ3n) is 4.08. The molecule has 4 heteroatoms. The van der Waals surface area contributed by atoms with Gasteiger partial charge in [-0.25, -0.2) is 0 Å². The topological polar surface area (TPSA) is 12.0 Å². The lowest BCUT2D eigenvalue weighted by atomic mass is 9.92. The van der Waals surface area contributed by atoms with Gasteiger partial charge in [0, 0.05) is 23.6 Å². The molecule has 1 nitrogen and oxygen atoms in total. The summed E-state index contributed by atoms with van der Waals surface area (Å²) in [5.41, 5.74) is 0. The maximum atomic E-state index is 3.78. The Balaban J connectivity index is 1.89. The van der Waals surface area contributed by atoms with Crippen molar-refractivity contribution in [3.05, 3.63) is 0 Å². The van der Waals surface area contributed by atoms with Gasteiger partial charge in [0.05, 0.1) is 0 Å². The number of nitrogens with one attached hydrogen (secondary N) is 1. The summed E-state index contributed by atoms with van der Waals surface area (Å²) in [6.45, 7) is 5.67. The molecular formula is C14H28NPS2. The van der Waals surface area contributed by atoms with Gasteiger partial charge >= 0.3 is 0 Å². The molecule has 1 heterocycles. The maximum absolute atomic E-state index is 3.78. The van der Waals surface area contributed by atoms with Gasteiger partial charge in [-0.05, 0) is 50.9 Å². The zero-order chi connectivity index (χ0) is 12.8. The molecule has 2 rings (SSSR count). The number of rotatable bonds is 2. The fourth-order valence-electron chi connectivity index (χ4n) is 3.23. The van der Waals surface area contributed by atoms with Gasteiger partial charge in [-0.3, -0.25) is 0 Å². The molecule has 1 saturated heterocycles. The molecule has 0 aromatic carbocycles. The first-order valence-electron chi connectivity index (χ1n) is 7.48. The van der Waals surface area contributed by atoms with Crippen LogP contribution in [0, 0.1) is 11.8 Å². The normalized spacial score (nSPS) is 36.5. The molecule has 1 saturated carbocycles. The highest BCUT2D eigenvalue weighted by molar-refractivity contribution is 8.82. The SMILES string of the molecule is CC(C)NC1CCCC2CSPSCC(CC1)C2. The minimum absolute atomic E-state index is 0.645. The Morgan fingerprint density at radius 1 is 1.00 bits per heavy atom. The van der Waals surface area contributed by atoms with E-state index in [9.17, 15) is 0 Å². The van der Waals surface area contributed by atoms with E-state index >= 15 is 0 Å². The molecule has 4 unspecified atom stereocenters. The van der Waals surface area contributed by atoms with Crippen LogP contribution in [0.25, 0.3) is 0 Å². The molecule has 18 heavy (non-hydrogen) atoms. The molecule has 0 aromatic rings. The van der Waals surface area contributed by atoms with E-state index in [2.05, 4.69) is 41.9 Å². The molecule has 4 atom stereocenters. The number of hydrogen-bond donors (Lipinski definition) is 1. The fraction of sp³-hybridized carbons (Fsp3) is 1.00. The van der Waals surface area contributed by atoms with Crippen LogP contribution in [0.3, 0.4) is 0 Å². The summed E-state index contributed by atoms with van der Waals surface area (Å²) in [5.74, 6) is 4.88. The van der Waals surface area contributed by atoms with E-state index in [0.717, 1.165) is 24.9 Å². The summed E-state index contributed by atoms with van der Waals surface area (Å²) in [7, 11) is 0. The zero-order valence-electron chi connectivity index (χ0n) is 11.8. The predicted octanol–water partition coefficient (Wildman–Crippen LogP) is 4.93. The number of fused-ring (bicyclic) bond motifs is 2. The second-order valence-corrected chi connectivity index (χ2v) is 11.3. The molecule has 0 aromatic heterocycles. The molecule has 0 radical (unpaired) electrons. The summed E-state index contributed by atoms with van der Waals surface area (Å²) < 4.78 is 0. The Labute approximate surface area is 123 Å². The van der Waals surface area contributed by atoms with Gasteiger partial charge in [0.25, 0.3) is 0 Å². The van der Waals surface area contributed by atoms with Crippen molar-refractivity contribution in [1.82, 2.24) is 5.32 Å². The zero-order valence-corrected chi connectivity index (χ0v) is 14.4. The maximum Gasteiger partial charge on any atom is 0.00695 e. The molecule has 1 N–H and O–H groups in total. The highest BCUT2D eigenvalue weighted by Crippen LogP contribution is 2.48. The van der Waals surface area contributed by atoms with E-state index in [1.807, 2.05) is 0 Å². The summed E-state index contributed by atoms with van der Waals surface area (Å²) in [4.78, 5) is 0. The number of hydrogen-bond acceptors (Lipinski definition) is 3. The Kier molecular flexibility index (Phi) is 7.22. The van der Waals surface area contributed by atoms with Gasteiger partial charge in [0.1, 0.15) is 0 Å². The fourth-order valence-corrected chi connectivity index (χ4v) is 8.57. The molecular weight excluding hydrogens is 277 g/mol. The van der Waals surface area contributed by atoms with Crippen molar-refractivity contribution in [2.24, 2.45) is 11.8 Å². The van der Waals surface area contributed by atoms with E-state index in [1.54, 1.807) is 0 Å². The summed E-state index contributed by atoms with van der Waals surface area (Å²) in [5, 5.41) is 3.78. The van der Waals surface area contributed by atoms with Gasteiger partial charge in [-0.15, -0.1) is 22.8 Å². The van der Waals surface area contributed by atoms with Crippen LogP contribution in [0.4, 0.5) is 0 Å². The van der Waals surface area contributed by atoms with Crippen molar-refractivity contribution in [2.75, 3.05) is 11.5 Å². The van der Waals surface area contributed by atoms with Gasteiger partial charge in [0.15, 0.2) is 0 Å². The third kappa shape index (κ3) is 5.61. The van der Waals surface area contributed by atoms with Crippen LogP contribution in [0.15, 0.2) is 0 Å². The van der Waals surface area contributed by atoms with Crippen molar-refractivity contribution in [3.63, 3.8) is 0 Å². The van der Waals surface area contributed by atoms with E-state index in [0.29, 0.717) is 6.04 Å². The summed E-state index contributed by atoms with van der Waals surface area (Å²) in [6.07, 6.45) is 8.71. The average molecular weight is 305 g/mol. The van der Waals surface area contributed by atoms with Crippen LogP contribution in [-0.4, -0.2) is 23.6 Å². The Hall–Kier alpha value is 1.09. The van der Waals surface area contributed by atoms with Crippen molar-refractivity contribution in [3.8, 4) is 0 Å². The van der Waals surface area contributed by atoms with Crippen molar-refractivity contribution in [1.29, 1.82) is 0 Å². The third-order valence-corrected chi connectivity index (χ3v) is 9.42. The van der Waals surface area contributed by atoms with Crippen LogP contribution in [0.1, 0.15) is 52.4 Å². The summed E-state index contributed by atoms with van der Waals surface area (Å²) in [6, 6.07) is 1.43. The second-order valence-electron chi connectivity index (χ2n) is 6.20. The van der Waals surface area contributed by atoms with Crippen LogP contribution in [0.5, 0.6) is 0 Å². The van der Waals surface area contributed by atoms with Gasteiger partial charge < -0.3 is 5.32 Å². The lowest BCUT2D eigenvalue weighted by Crippen LogP contribution is -2.35. The molecule has 1 aliphatic heterocycles. The Morgan fingerprint density at radius 3 is 2.44 bits per heavy atom. The molecule has 1 aliphatic carbocycles. The molecule has 106 valence electrons. The largest absolute Gasteiger partial charge is 0.312 e. The first-order chi connectivity index (χ1) is 8.74. The van der Waals surface area contributed by atoms with Crippen LogP contribution in [0.2, 0.25) is 0 Å². The second kappa shape index (κ2) is 8.39. The van der Waals surface area contributed by atoms with E-state index < -0.39 is 0 Å². The standard InChI is InChI=1S/C14H28NPS2/c1-11(2)15-14-5-3-4-12-8-13(6-7-14)10-18-16-17-9-12/h11-16H,3-10H2,1-2H3. The quantitative estimate of drug-likeness (QED) is 0.727. The van der Waals surface area contributed by atoms with Crippen molar-refractivity contribution < 1.29 is 0 Å². The first kappa shape index (κ1) is 15.5. The monoisotopic (exact) mass is 305 g/mol. The molecule has 2 bridgehead atoms. The summed E-state index contributed by atoms with van der Waals surface area (Å²) >= 11 is 4.41. The van der Waals surface area contributed by atoms with Crippen LogP contribution in [-0.2, 0) is 0 Å². The Bertz CT molecular complexity index is 238. The highest BCUT2D eigenvalue weighted by atomic mass is 33.1. The van der Waals surface area contributed by atoms with Gasteiger partial charge in [-0.1, -0.05) is 20.3 Å². The Morgan fingerprint density at radius 2 is 1.72 bits per heavy atom. The van der Waals surface area contributed by atoms with Crippen LogP contribution < -0.4 is 5.32 Å².